The second-order valence-corrected chi connectivity index (χ2v) is 7.00. The first-order chi connectivity index (χ1) is 8.40. The lowest BCUT2D eigenvalue weighted by Crippen LogP contribution is -2.46. The molecule has 1 amide bonds. The molecular weight excluding hydrogens is 246 g/mol. The van der Waals surface area contributed by atoms with Crippen molar-refractivity contribution in [1.29, 1.82) is 0 Å². The zero-order valence-electron chi connectivity index (χ0n) is 11.0. The standard InChI is InChI=1S/C14H21NO2S/c1-13(2)5-7-14(17,8-6-13)10-15-12(16)11-4-3-9-18-11/h3-4,9,17H,5-8,10H2,1-2H3,(H,15,16). The van der Waals surface area contributed by atoms with Gasteiger partial charge in [0.05, 0.1) is 10.5 Å². The average molecular weight is 267 g/mol. The summed E-state index contributed by atoms with van der Waals surface area (Å²) >= 11 is 1.42. The molecule has 0 spiro atoms. The maximum Gasteiger partial charge on any atom is 0.261 e. The molecule has 0 atom stereocenters. The Kier molecular flexibility index (Phi) is 3.78. The number of carbonyl (C=O) groups excluding carboxylic acids is 1. The molecule has 1 saturated carbocycles. The van der Waals surface area contributed by atoms with Crippen LogP contribution in [0.2, 0.25) is 0 Å². The Morgan fingerprint density at radius 2 is 2.06 bits per heavy atom. The zero-order valence-corrected chi connectivity index (χ0v) is 11.8. The van der Waals surface area contributed by atoms with Gasteiger partial charge in [0, 0.05) is 6.54 Å². The molecule has 2 rings (SSSR count). The predicted octanol–water partition coefficient (Wildman–Crippen LogP) is 2.81. The van der Waals surface area contributed by atoms with Gasteiger partial charge >= 0.3 is 0 Å². The van der Waals surface area contributed by atoms with Crippen molar-refractivity contribution in [3.63, 3.8) is 0 Å². The lowest BCUT2D eigenvalue weighted by molar-refractivity contribution is -0.0232. The van der Waals surface area contributed by atoms with E-state index in [0.717, 1.165) is 25.7 Å². The molecule has 1 fully saturated rings. The third-order valence-corrected chi connectivity index (χ3v) is 4.73. The minimum Gasteiger partial charge on any atom is -0.388 e. The van der Waals surface area contributed by atoms with Gasteiger partial charge in [-0.25, -0.2) is 0 Å². The monoisotopic (exact) mass is 267 g/mol. The van der Waals surface area contributed by atoms with E-state index >= 15 is 0 Å². The molecule has 1 heterocycles. The van der Waals surface area contributed by atoms with Crippen molar-refractivity contribution in [3.8, 4) is 0 Å². The van der Waals surface area contributed by atoms with Crippen LogP contribution in [0.4, 0.5) is 0 Å². The van der Waals surface area contributed by atoms with Crippen LogP contribution in [-0.4, -0.2) is 23.2 Å². The Morgan fingerprint density at radius 1 is 1.39 bits per heavy atom. The summed E-state index contributed by atoms with van der Waals surface area (Å²) in [6.45, 7) is 4.83. The minimum atomic E-state index is -0.720. The van der Waals surface area contributed by atoms with Gasteiger partial charge in [0.15, 0.2) is 0 Å². The molecule has 2 N–H and O–H groups in total. The topological polar surface area (TPSA) is 49.3 Å². The van der Waals surface area contributed by atoms with Crippen LogP contribution >= 0.6 is 11.3 Å². The van der Waals surface area contributed by atoms with Crippen LogP contribution in [0.25, 0.3) is 0 Å². The predicted molar refractivity (Wildman–Crippen MR) is 73.9 cm³/mol. The SMILES string of the molecule is CC1(C)CCC(O)(CNC(=O)c2cccs2)CC1. The van der Waals surface area contributed by atoms with Crippen molar-refractivity contribution in [1.82, 2.24) is 5.32 Å². The third-order valence-electron chi connectivity index (χ3n) is 3.86. The van der Waals surface area contributed by atoms with E-state index < -0.39 is 5.60 Å². The molecule has 1 aromatic rings. The van der Waals surface area contributed by atoms with Gasteiger partial charge in [0.2, 0.25) is 0 Å². The molecule has 3 nitrogen and oxygen atoms in total. The number of nitrogens with one attached hydrogen (secondary N) is 1. The van der Waals surface area contributed by atoms with Gasteiger partial charge in [-0.2, -0.15) is 0 Å². The van der Waals surface area contributed by atoms with E-state index in [9.17, 15) is 9.90 Å². The highest BCUT2D eigenvalue weighted by molar-refractivity contribution is 7.12. The summed E-state index contributed by atoms with van der Waals surface area (Å²) in [5.74, 6) is -0.0803. The van der Waals surface area contributed by atoms with Gasteiger partial charge in [-0.1, -0.05) is 19.9 Å². The fraction of sp³-hybridized carbons (Fsp3) is 0.643. The molecule has 100 valence electrons. The Morgan fingerprint density at radius 3 is 2.61 bits per heavy atom. The molecule has 4 heteroatoms. The van der Waals surface area contributed by atoms with Gasteiger partial charge in [0.1, 0.15) is 0 Å². The number of hydrogen-bond acceptors (Lipinski definition) is 3. The first kappa shape index (κ1) is 13.6. The number of thiophene rings is 1. The van der Waals surface area contributed by atoms with E-state index in [1.807, 2.05) is 11.4 Å². The van der Waals surface area contributed by atoms with E-state index in [1.54, 1.807) is 6.07 Å². The van der Waals surface area contributed by atoms with Crippen molar-refractivity contribution in [3.05, 3.63) is 22.4 Å². The number of carbonyl (C=O) groups is 1. The number of hydrogen-bond donors (Lipinski definition) is 2. The molecule has 18 heavy (non-hydrogen) atoms. The van der Waals surface area contributed by atoms with E-state index in [1.165, 1.54) is 11.3 Å². The van der Waals surface area contributed by atoms with Crippen LogP contribution < -0.4 is 5.32 Å². The molecule has 0 saturated heterocycles. The van der Waals surface area contributed by atoms with Crippen molar-refractivity contribution in [2.45, 2.75) is 45.1 Å². The van der Waals surface area contributed by atoms with Gasteiger partial charge in [-0.3, -0.25) is 4.79 Å². The Labute approximate surface area is 112 Å². The van der Waals surface area contributed by atoms with Gasteiger partial charge in [-0.15, -0.1) is 11.3 Å². The molecular formula is C14H21NO2S. The molecule has 1 aliphatic rings. The fourth-order valence-electron chi connectivity index (χ4n) is 2.31. The van der Waals surface area contributed by atoms with Crippen LogP contribution in [-0.2, 0) is 0 Å². The molecule has 0 aliphatic heterocycles. The van der Waals surface area contributed by atoms with E-state index in [4.69, 9.17) is 0 Å². The first-order valence-electron chi connectivity index (χ1n) is 6.44. The molecule has 0 aromatic carbocycles. The highest BCUT2D eigenvalue weighted by atomic mass is 32.1. The third kappa shape index (κ3) is 3.33. The van der Waals surface area contributed by atoms with Gasteiger partial charge in [-0.05, 0) is 42.5 Å². The zero-order chi connectivity index (χ0) is 13.2. The number of aliphatic hydroxyl groups is 1. The summed E-state index contributed by atoms with van der Waals surface area (Å²) < 4.78 is 0. The molecule has 0 unspecified atom stereocenters. The largest absolute Gasteiger partial charge is 0.388 e. The van der Waals surface area contributed by atoms with Crippen molar-refractivity contribution in [2.75, 3.05) is 6.54 Å². The summed E-state index contributed by atoms with van der Waals surface area (Å²) in [6, 6.07) is 3.66. The van der Waals surface area contributed by atoms with Crippen LogP contribution in [0, 0.1) is 5.41 Å². The highest BCUT2D eigenvalue weighted by Crippen LogP contribution is 2.39. The van der Waals surface area contributed by atoms with E-state index in [0.29, 0.717) is 16.8 Å². The minimum absolute atomic E-state index is 0.0803. The summed E-state index contributed by atoms with van der Waals surface area (Å²) in [6.07, 6.45) is 3.56. The summed E-state index contributed by atoms with van der Waals surface area (Å²) in [5.41, 5.74) is -0.396. The quantitative estimate of drug-likeness (QED) is 0.884. The second-order valence-electron chi connectivity index (χ2n) is 6.05. The molecule has 0 bridgehead atoms. The number of rotatable bonds is 3. The van der Waals surface area contributed by atoms with E-state index in [2.05, 4.69) is 19.2 Å². The maximum atomic E-state index is 11.8. The van der Waals surface area contributed by atoms with Crippen LogP contribution in [0.1, 0.15) is 49.2 Å². The Bertz CT molecular complexity index is 401. The summed E-state index contributed by atoms with van der Waals surface area (Å²) in [5, 5.41) is 15.2. The Hall–Kier alpha value is -0.870. The summed E-state index contributed by atoms with van der Waals surface area (Å²) in [4.78, 5) is 12.5. The van der Waals surface area contributed by atoms with Crippen molar-refractivity contribution >= 4 is 17.2 Å². The van der Waals surface area contributed by atoms with Gasteiger partial charge < -0.3 is 10.4 Å². The molecule has 1 aliphatic carbocycles. The molecule has 1 aromatic heterocycles. The molecule has 0 radical (unpaired) electrons. The highest BCUT2D eigenvalue weighted by Gasteiger charge is 2.36. The summed E-state index contributed by atoms with van der Waals surface area (Å²) in [7, 11) is 0. The number of amides is 1. The lowest BCUT2D eigenvalue weighted by Gasteiger charge is -2.40. The van der Waals surface area contributed by atoms with Gasteiger partial charge in [0.25, 0.3) is 5.91 Å². The Balaban J connectivity index is 1.85. The van der Waals surface area contributed by atoms with Crippen LogP contribution in [0.3, 0.4) is 0 Å². The maximum absolute atomic E-state index is 11.8. The lowest BCUT2D eigenvalue weighted by atomic mass is 9.71. The second kappa shape index (κ2) is 5.02. The first-order valence-corrected chi connectivity index (χ1v) is 7.32. The van der Waals surface area contributed by atoms with E-state index in [-0.39, 0.29) is 5.91 Å². The van der Waals surface area contributed by atoms with Crippen LogP contribution in [0.15, 0.2) is 17.5 Å². The van der Waals surface area contributed by atoms with Crippen LogP contribution in [0.5, 0.6) is 0 Å². The van der Waals surface area contributed by atoms with Crippen molar-refractivity contribution in [2.24, 2.45) is 5.41 Å². The smallest absolute Gasteiger partial charge is 0.261 e. The van der Waals surface area contributed by atoms with Crippen molar-refractivity contribution < 1.29 is 9.90 Å². The normalized spacial score (nSPS) is 21.5. The fourth-order valence-corrected chi connectivity index (χ4v) is 2.95. The average Bonchev–Trinajstić information content (AvgIpc) is 2.85.